The third-order valence-electron chi connectivity index (χ3n) is 10.5. The molecular weight excluding hydrogens is 719 g/mol. The van der Waals surface area contributed by atoms with Gasteiger partial charge >= 0.3 is 5.97 Å². The van der Waals surface area contributed by atoms with Crippen LogP contribution >= 0.6 is 0 Å². The van der Waals surface area contributed by atoms with Crippen LogP contribution < -0.4 is 5.32 Å². The van der Waals surface area contributed by atoms with Crippen LogP contribution in [-0.2, 0) is 14.3 Å². The fourth-order valence-corrected chi connectivity index (χ4v) is 6.86. The third kappa shape index (κ3) is 40.1. The molecule has 334 valence electrons. The summed E-state index contributed by atoms with van der Waals surface area (Å²) in [5.41, 5.74) is 0. The number of carbonyl (C=O) groups is 2. The van der Waals surface area contributed by atoms with Gasteiger partial charge in [-0.3, -0.25) is 9.59 Å². The first-order valence-corrected chi connectivity index (χ1v) is 24.2. The van der Waals surface area contributed by atoms with Crippen LogP contribution in [0.5, 0.6) is 0 Å². The summed E-state index contributed by atoms with van der Waals surface area (Å²) in [6, 6.07) is -0.740. The van der Waals surface area contributed by atoms with Crippen molar-refractivity contribution in [2.45, 2.75) is 238 Å². The highest BCUT2D eigenvalue weighted by molar-refractivity contribution is 5.78. The standard InChI is InChI=1S/C52H91NO5/c1-4-7-10-13-16-19-22-24-25-26-27-30-33-36-39-42-45-52(57)58-48(43-40-37-34-31-28-21-18-15-12-9-6-3)46-51(56)53-49(47-54)50(55)44-41-38-35-32-29-23-20-17-14-11-8-5-2/h7,10,16,19,24-25,27,30-31,34,40,43,48-50,54-55H,4-6,8-9,11-15,17-18,20-23,26,28-29,32-33,35-39,41-42,44-47H2,1-3H3,(H,53,56)/b10-7+,19-16+,25-24+,30-27+,34-31-,43-40+. The van der Waals surface area contributed by atoms with E-state index in [9.17, 15) is 19.8 Å². The average Bonchev–Trinajstić information content (AvgIpc) is 3.22. The SMILES string of the molecule is CC/C=C/C/C=C/C/C=C/C/C=C/CCCCCC(=O)OC(/C=C/C/C=C\CCCCCCCC)CC(=O)NC(CO)C(O)CCCCCCCCCCCCCC. The maximum Gasteiger partial charge on any atom is 0.306 e. The molecule has 3 N–H and O–H groups in total. The highest BCUT2D eigenvalue weighted by Crippen LogP contribution is 2.15. The van der Waals surface area contributed by atoms with E-state index in [1.165, 1.54) is 96.3 Å². The van der Waals surface area contributed by atoms with Gasteiger partial charge in [-0.1, -0.05) is 203 Å². The molecule has 0 aliphatic rings. The minimum atomic E-state index is -0.818. The maximum atomic E-state index is 13.1. The van der Waals surface area contributed by atoms with Gasteiger partial charge in [0.15, 0.2) is 0 Å². The Kier molecular flexibility index (Phi) is 43.3. The number of ether oxygens (including phenoxy) is 1. The molecule has 6 heteroatoms. The van der Waals surface area contributed by atoms with E-state index in [1.807, 2.05) is 12.2 Å². The maximum absolute atomic E-state index is 13.1. The first kappa shape index (κ1) is 55.3. The van der Waals surface area contributed by atoms with Crippen molar-refractivity contribution in [3.05, 3.63) is 72.9 Å². The second-order valence-corrected chi connectivity index (χ2v) is 16.1. The van der Waals surface area contributed by atoms with Crippen molar-refractivity contribution in [3.8, 4) is 0 Å². The molecule has 0 saturated carbocycles. The fourth-order valence-electron chi connectivity index (χ4n) is 6.86. The topological polar surface area (TPSA) is 95.9 Å². The van der Waals surface area contributed by atoms with E-state index >= 15 is 0 Å². The Morgan fingerprint density at radius 1 is 0.534 bits per heavy atom. The summed E-state index contributed by atoms with van der Waals surface area (Å²) < 4.78 is 5.80. The van der Waals surface area contributed by atoms with Gasteiger partial charge in [0, 0.05) is 6.42 Å². The van der Waals surface area contributed by atoms with Crippen LogP contribution in [0.4, 0.5) is 0 Å². The van der Waals surface area contributed by atoms with Gasteiger partial charge in [0.1, 0.15) is 6.10 Å². The minimum absolute atomic E-state index is 0.0443. The van der Waals surface area contributed by atoms with Gasteiger partial charge in [0.2, 0.25) is 5.91 Å². The van der Waals surface area contributed by atoms with Gasteiger partial charge in [-0.25, -0.2) is 0 Å². The summed E-state index contributed by atoms with van der Waals surface area (Å²) in [5, 5.41) is 23.6. The Morgan fingerprint density at radius 2 is 0.966 bits per heavy atom. The Bertz CT molecular complexity index is 1090. The molecule has 0 bridgehead atoms. The van der Waals surface area contributed by atoms with Gasteiger partial charge < -0.3 is 20.3 Å². The molecule has 0 saturated heterocycles. The zero-order valence-electron chi connectivity index (χ0n) is 37.9. The summed E-state index contributed by atoms with van der Waals surface area (Å²) in [6.07, 6.45) is 57.0. The molecule has 1 amide bonds. The van der Waals surface area contributed by atoms with E-state index in [-0.39, 0.29) is 24.9 Å². The van der Waals surface area contributed by atoms with Crippen molar-refractivity contribution in [1.82, 2.24) is 5.32 Å². The average molecular weight is 810 g/mol. The van der Waals surface area contributed by atoms with Crippen molar-refractivity contribution < 1.29 is 24.5 Å². The van der Waals surface area contributed by atoms with Gasteiger partial charge in [-0.05, 0) is 76.7 Å². The molecule has 3 atom stereocenters. The molecular formula is C52H91NO5. The van der Waals surface area contributed by atoms with Crippen LogP contribution in [0.2, 0.25) is 0 Å². The smallest absolute Gasteiger partial charge is 0.306 e. The normalized spacial score (nSPS) is 13.9. The van der Waals surface area contributed by atoms with Crippen molar-refractivity contribution in [1.29, 1.82) is 0 Å². The number of carbonyl (C=O) groups excluding carboxylic acids is 2. The van der Waals surface area contributed by atoms with Crippen LogP contribution in [0.25, 0.3) is 0 Å². The van der Waals surface area contributed by atoms with E-state index in [0.29, 0.717) is 19.3 Å². The first-order chi connectivity index (χ1) is 28.5. The van der Waals surface area contributed by atoms with Crippen LogP contribution in [-0.4, -0.2) is 46.9 Å². The number of nitrogens with one attached hydrogen (secondary N) is 1. The van der Waals surface area contributed by atoms with Gasteiger partial charge in [-0.15, -0.1) is 0 Å². The summed E-state index contributed by atoms with van der Waals surface area (Å²) in [4.78, 5) is 26.0. The molecule has 0 aliphatic carbocycles. The monoisotopic (exact) mass is 810 g/mol. The highest BCUT2D eigenvalue weighted by Gasteiger charge is 2.23. The number of hydrogen-bond acceptors (Lipinski definition) is 5. The van der Waals surface area contributed by atoms with Gasteiger partial charge in [0.05, 0.1) is 25.2 Å². The number of aliphatic hydroxyl groups is 2. The number of esters is 1. The van der Waals surface area contributed by atoms with Crippen LogP contribution in [0.1, 0.15) is 220 Å². The molecule has 58 heavy (non-hydrogen) atoms. The summed E-state index contributed by atoms with van der Waals surface area (Å²) in [6.45, 7) is 6.30. The summed E-state index contributed by atoms with van der Waals surface area (Å²) >= 11 is 0. The molecule has 0 aliphatic heterocycles. The third-order valence-corrected chi connectivity index (χ3v) is 10.5. The minimum Gasteiger partial charge on any atom is -0.458 e. The van der Waals surface area contributed by atoms with Gasteiger partial charge in [-0.2, -0.15) is 0 Å². The predicted octanol–water partition coefficient (Wildman–Crippen LogP) is 14.2. The fraction of sp³-hybridized carbons (Fsp3) is 0.731. The quantitative estimate of drug-likeness (QED) is 0.0324. The molecule has 0 aromatic rings. The Morgan fingerprint density at radius 3 is 1.47 bits per heavy atom. The molecule has 0 rings (SSSR count). The molecule has 0 aromatic heterocycles. The van der Waals surface area contributed by atoms with Crippen molar-refractivity contribution in [2.75, 3.05) is 6.61 Å². The second-order valence-electron chi connectivity index (χ2n) is 16.1. The van der Waals surface area contributed by atoms with Crippen LogP contribution in [0.3, 0.4) is 0 Å². The number of unbranched alkanes of at least 4 members (excludes halogenated alkanes) is 20. The van der Waals surface area contributed by atoms with Crippen LogP contribution in [0, 0.1) is 0 Å². The van der Waals surface area contributed by atoms with Crippen molar-refractivity contribution in [3.63, 3.8) is 0 Å². The Labute approximate surface area is 358 Å². The van der Waals surface area contributed by atoms with E-state index < -0.39 is 18.2 Å². The van der Waals surface area contributed by atoms with E-state index in [4.69, 9.17) is 4.74 Å². The lowest BCUT2D eigenvalue weighted by molar-refractivity contribution is -0.148. The van der Waals surface area contributed by atoms with Crippen molar-refractivity contribution in [2.24, 2.45) is 0 Å². The molecule has 0 fully saturated rings. The summed E-state index contributed by atoms with van der Waals surface area (Å²) in [5.74, 6) is -0.644. The Balaban J connectivity index is 4.70. The zero-order chi connectivity index (χ0) is 42.4. The predicted molar refractivity (Wildman–Crippen MR) is 250 cm³/mol. The molecule has 0 aromatic carbocycles. The molecule has 0 radical (unpaired) electrons. The van der Waals surface area contributed by atoms with E-state index in [0.717, 1.165) is 77.0 Å². The number of amides is 1. The first-order valence-electron chi connectivity index (χ1n) is 24.2. The number of hydrogen-bond donors (Lipinski definition) is 3. The lowest BCUT2D eigenvalue weighted by Crippen LogP contribution is -2.46. The van der Waals surface area contributed by atoms with E-state index in [1.54, 1.807) is 0 Å². The lowest BCUT2D eigenvalue weighted by Gasteiger charge is -2.23. The summed E-state index contributed by atoms with van der Waals surface area (Å²) in [7, 11) is 0. The van der Waals surface area contributed by atoms with Crippen LogP contribution in [0.15, 0.2) is 72.9 Å². The van der Waals surface area contributed by atoms with E-state index in [2.05, 4.69) is 86.8 Å². The number of aliphatic hydroxyl groups excluding tert-OH is 2. The largest absolute Gasteiger partial charge is 0.458 e. The van der Waals surface area contributed by atoms with Crippen molar-refractivity contribution >= 4 is 11.9 Å². The molecule has 0 heterocycles. The molecule has 3 unspecified atom stereocenters. The second kappa shape index (κ2) is 45.4. The highest BCUT2D eigenvalue weighted by atomic mass is 16.5. The van der Waals surface area contributed by atoms with Gasteiger partial charge in [0.25, 0.3) is 0 Å². The zero-order valence-corrected chi connectivity index (χ0v) is 37.9. The lowest BCUT2D eigenvalue weighted by atomic mass is 10.0. The molecule has 6 nitrogen and oxygen atoms in total. The number of rotatable bonds is 42. The number of allylic oxidation sites excluding steroid dienone is 11. The Hall–Kier alpha value is -2.70. The molecule has 0 spiro atoms.